The molecule has 0 aliphatic carbocycles. The summed E-state index contributed by atoms with van der Waals surface area (Å²) in [6.45, 7) is 7.51. The first-order valence-electron chi connectivity index (χ1n) is 25.8. The summed E-state index contributed by atoms with van der Waals surface area (Å²) >= 11 is 0. The highest BCUT2D eigenvalue weighted by Crippen LogP contribution is 2.13. The molecule has 5 heteroatoms. The lowest BCUT2D eigenvalue weighted by molar-refractivity contribution is -0.163. The number of hydrogen-bond donors (Lipinski definition) is 0. The van der Waals surface area contributed by atoms with Gasteiger partial charge in [-0.15, -0.1) is 0 Å². The normalized spacial score (nSPS) is 13.0. The summed E-state index contributed by atoms with van der Waals surface area (Å²) in [7, 11) is 0. The lowest BCUT2D eigenvalue weighted by Gasteiger charge is -2.18. The predicted octanol–water partition coefficient (Wildman–Crippen LogP) is 17.5. The van der Waals surface area contributed by atoms with E-state index in [9.17, 15) is 9.59 Å². The highest BCUT2D eigenvalue weighted by atomic mass is 16.6. The molecule has 0 spiro atoms. The van der Waals surface area contributed by atoms with Gasteiger partial charge in [0.15, 0.2) is 6.10 Å². The van der Waals surface area contributed by atoms with Crippen molar-refractivity contribution in [3.63, 3.8) is 0 Å². The number of allylic oxidation sites excluding steroid dienone is 16. The molecule has 0 bridgehead atoms. The molecule has 0 saturated carbocycles. The SMILES string of the molecule is CC/C=C\C/C=C\C/C=C\C/C=C\CCCCCCCCCOCC(COC(=O)CCCCCCC/C=C\C/C=C\C/C=C\CC)OC(=O)CCCCCCC/C=C\CCCC. The van der Waals surface area contributed by atoms with E-state index in [4.69, 9.17) is 14.2 Å². The van der Waals surface area contributed by atoms with Crippen molar-refractivity contribution in [3.05, 3.63) is 97.2 Å². The third-order valence-corrected chi connectivity index (χ3v) is 10.6. The van der Waals surface area contributed by atoms with Crippen molar-refractivity contribution in [1.29, 1.82) is 0 Å². The first kappa shape index (κ1) is 58.8. The van der Waals surface area contributed by atoms with Crippen molar-refractivity contribution in [2.45, 2.75) is 232 Å². The van der Waals surface area contributed by atoms with E-state index < -0.39 is 6.10 Å². The number of hydrogen-bond acceptors (Lipinski definition) is 5. The molecule has 0 amide bonds. The van der Waals surface area contributed by atoms with E-state index in [2.05, 4.69) is 118 Å². The van der Waals surface area contributed by atoms with Crippen LogP contribution in [0.2, 0.25) is 0 Å². The summed E-state index contributed by atoms with van der Waals surface area (Å²) in [4.78, 5) is 25.4. The number of ether oxygens (including phenoxy) is 3. The van der Waals surface area contributed by atoms with Gasteiger partial charge in [-0.1, -0.05) is 201 Å². The second kappa shape index (κ2) is 52.2. The zero-order chi connectivity index (χ0) is 44.9. The van der Waals surface area contributed by atoms with Crippen LogP contribution in [0.1, 0.15) is 226 Å². The van der Waals surface area contributed by atoms with Gasteiger partial charge >= 0.3 is 11.9 Å². The zero-order valence-electron chi connectivity index (χ0n) is 40.6. The standard InChI is InChI=1S/C57H96O5/c1-4-7-10-13-16-19-22-24-26-27-28-29-30-32-34-37-40-43-46-49-52-60-53-55(62-57(59)51-48-45-42-39-35-21-18-15-12-9-6-3)54-61-56(58)50-47-44-41-38-36-33-31-25-23-20-17-14-11-8-5-2/h7-8,10-11,15-20,24-26,28-29,31,55H,4-6,9,12-14,21-23,27,30,32-54H2,1-3H3/b10-7-,11-8-,18-15-,19-16-,20-17-,26-24-,29-28-,31-25-. The predicted molar refractivity (Wildman–Crippen MR) is 270 cm³/mol. The van der Waals surface area contributed by atoms with E-state index in [1.807, 2.05) is 0 Å². The molecule has 1 unspecified atom stereocenters. The molecule has 354 valence electrons. The van der Waals surface area contributed by atoms with Crippen LogP contribution in [0.4, 0.5) is 0 Å². The van der Waals surface area contributed by atoms with Gasteiger partial charge in [0.2, 0.25) is 0 Å². The highest BCUT2D eigenvalue weighted by molar-refractivity contribution is 5.70. The maximum absolute atomic E-state index is 12.8. The molecule has 0 fully saturated rings. The van der Waals surface area contributed by atoms with Crippen LogP contribution in [0, 0.1) is 0 Å². The topological polar surface area (TPSA) is 61.8 Å². The Bertz CT molecular complexity index is 1200. The van der Waals surface area contributed by atoms with Gasteiger partial charge in [0.25, 0.3) is 0 Å². The van der Waals surface area contributed by atoms with Gasteiger partial charge < -0.3 is 14.2 Å². The van der Waals surface area contributed by atoms with Crippen molar-refractivity contribution in [2.75, 3.05) is 19.8 Å². The molecule has 62 heavy (non-hydrogen) atoms. The van der Waals surface area contributed by atoms with E-state index in [-0.39, 0.29) is 25.2 Å². The second-order valence-electron chi connectivity index (χ2n) is 16.7. The van der Waals surface area contributed by atoms with Gasteiger partial charge in [0, 0.05) is 19.4 Å². The average Bonchev–Trinajstić information content (AvgIpc) is 3.27. The van der Waals surface area contributed by atoms with Crippen LogP contribution in [0.3, 0.4) is 0 Å². The molecule has 5 nitrogen and oxygen atoms in total. The number of carbonyl (C=O) groups excluding carboxylic acids is 2. The molecule has 0 aromatic carbocycles. The molecular formula is C57H96O5. The summed E-state index contributed by atoms with van der Waals surface area (Å²) in [6, 6.07) is 0. The molecule has 0 saturated heterocycles. The lowest BCUT2D eigenvalue weighted by Crippen LogP contribution is -2.30. The third kappa shape index (κ3) is 49.5. The second-order valence-corrected chi connectivity index (χ2v) is 16.7. The zero-order valence-corrected chi connectivity index (χ0v) is 40.6. The summed E-state index contributed by atoms with van der Waals surface area (Å²) in [6.07, 6.45) is 69.9. The maximum Gasteiger partial charge on any atom is 0.306 e. The fourth-order valence-corrected chi connectivity index (χ4v) is 6.79. The van der Waals surface area contributed by atoms with Crippen molar-refractivity contribution >= 4 is 11.9 Å². The fraction of sp³-hybridized carbons (Fsp3) is 0.684. The monoisotopic (exact) mass is 861 g/mol. The minimum Gasteiger partial charge on any atom is -0.462 e. The molecule has 0 aliphatic rings. The molecule has 1 atom stereocenters. The summed E-state index contributed by atoms with van der Waals surface area (Å²) in [5.74, 6) is -0.437. The van der Waals surface area contributed by atoms with Crippen LogP contribution < -0.4 is 0 Å². The lowest BCUT2D eigenvalue weighted by atomic mass is 10.1. The Labute approximate surface area is 383 Å². The number of unbranched alkanes of at least 4 members (excludes halogenated alkanes) is 19. The van der Waals surface area contributed by atoms with E-state index in [0.717, 1.165) is 109 Å². The molecule has 0 rings (SSSR count). The van der Waals surface area contributed by atoms with Crippen LogP contribution in [-0.2, 0) is 23.8 Å². The average molecular weight is 861 g/mol. The quantitative estimate of drug-likeness (QED) is 0.0347. The van der Waals surface area contributed by atoms with E-state index >= 15 is 0 Å². The van der Waals surface area contributed by atoms with E-state index in [1.54, 1.807) is 0 Å². The van der Waals surface area contributed by atoms with Gasteiger partial charge in [-0.2, -0.15) is 0 Å². The van der Waals surface area contributed by atoms with Crippen LogP contribution in [0.25, 0.3) is 0 Å². The van der Waals surface area contributed by atoms with Crippen molar-refractivity contribution in [2.24, 2.45) is 0 Å². The first-order valence-corrected chi connectivity index (χ1v) is 25.8. The molecular weight excluding hydrogens is 765 g/mol. The maximum atomic E-state index is 12.8. The molecule has 0 N–H and O–H groups in total. The molecule has 0 radical (unpaired) electrons. The molecule has 0 aromatic rings. The number of esters is 2. The first-order chi connectivity index (χ1) is 30.6. The van der Waals surface area contributed by atoms with Gasteiger partial charge in [0.05, 0.1) is 6.61 Å². The Morgan fingerprint density at radius 2 is 0.726 bits per heavy atom. The minimum atomic E-state index is -0.558. The minimum absolute atomic E-state index is 0.0637. The Kier molecular flexibility index (Phi) is 49.5. The largest absolute Gasteiger partial charge is 0.462 e. The van der Waals surface area contributed by atoms with Gasteiger partial charge in [-0.3, -0.25) is 9.59 Å². The number of carbonyl (C=O) groups is 2. The van der Waals surface area contributed by atoms with Crippen molar-refractivity contribution < 1.29 is 23.8 Å². The highest BCUT2D eigenvalue weighted by Gasteiger charge is 2.17. The van der Waals surface area contributed by atoms with Gasteiger partial charge in [0.1, 0.15) is 6.61 Å². The summed E-state index contributed by atoms with van der Waals surface area (Å²) in [5, 5.41) is 0. The van der Waals surface area contributed by atoms with Crippen LogP contribution >= 0.6 is 0 Å². The smallest absolute Gasteiger partial charge is 0.306 e. The molecule has 0 heterocycles. The Morgan fingerprint density at radius 3 is 1.18 bits per heavy atom. The van der Waals surface area contributed by atoms with Crippen LogP contribution in [0.5, 0.6) is 0 Å². The van der Waals surface area contributed by atoms with Crippen LogP contribution in [-0.4, -0.2) is 37.9 Å². The Morgan fingerprint density at radius 1 is 0.371 bits per heavy atom. The van der Waals surface area contributed by atoms with Crippen LogP contribution in [0.15, 0.2) is 97.2 Å². The van der Waals surface area contributed by atoms with Gasteiger partial charge in [-0.25, -0.2) is 0 Å². The fourth-order valence-electron chi connectivity index (χ4n) is 6.79. The van der Waals surface area contributed by atoms with Crippen molar-refractivity contribution in [3.8, 4) is 0 Å². The summed E-state index contributed by atoms with van der Waals surface area (Å²) < 4.78 is 17.4. The van der Waals surface area contributed by atoms with Gasteiger partial charge in [-0.05, 0) is 109 Å². The van der Waals surface area contributed by atoms with Crippen molar-refractivity contribution in [1.82, 2.24) is 0 Å². The molecule has 0 aromatic heterocycles. The van der Waals surface area contributed by atoms with E-state index in [1.165, 1.54) is 83.5 Å². The Balaban J connectivity index is 4.29. The molecule has 0 aliphatic heterocycles. The number of rotatable bonds is 46. The van der Waals surface area contributed by atoms with E-state index in [0.29, 0.717) is 19.4 Å². The third-order valence-electron chi connectivity index (χ3n) is 10.6. The Hall–Kier alpha value is -3.18. The summed E-state index contributed by atoms with van der Waals surface area (Å²) in [5.41, 5.74) is 0.